The second-order valence-corrected chi connectivity index (χ2v) is 8.86. The molecule has 2 N–H and O–H groups in total. The van der Waals surface area contributed by atoms with Crippen LogP contribution in [0.3, 0.4) is 0 Å². The fourth-order valence-electron chi connectivity index (χ4n) is 4.25. The maximum Gasteiger partial charge on any atom is 0.337 e. The van der Waals surface area contributed by atoms with E-state index in [-0.39, 0.29) is 11.5 Å². The van der Waals surface area contributed by atoms with Gasteiger partial charge in [-0.25, -0.2) is 4.79 Å². The Hall–Kier alpha value is -2.49. The third-order valence-electron chi connectivity index (χ3n) is 6.02. The number of hydrogen-bond donors (Lipinski definition) is 2. The molecule has 0 spiro atoms. The van der Waals surface area contributed by atoms with E-state index in [1.54, 1.807) is 12.1 Å². The van der Waals surface area contributed by atoms with Crippen LogP contribution in [0.4, 0.5) is 11.4 Å². The van der Waals surface area contributed by atoms with Crippen LogP contribution >= 0.6 is 0 Å². The second-order valence-electron chi connectivity index (χ2n) is 8.86. The predicted molar refractivity (Wildman–Crippen MR) is 117 cm³/mol. The molecule has 0 radical (unpaired) electrons. The summed E-state index contributed by atoms with van der Waals surface area (Å²) in [5.74, 6) is -0.911. The normalized spacial score (nSPS) is 16.6. The molecule has 150 valence electrons. The highest BCUT2D eigenvalue weighted by atomic mass is 16.4. The summed E-state index contributed by atoms with van der Waals surface area (Å²) in [6.45, 7) is 14.5. The summed E-state index contributed by atoms with van der Waals surface area (Å²) in [4.78, 5) is 14.0. The van der Waals surface area contributed by atoms with Gasteiger partial charge in [-0.05, 0) is 74.4 Å². The molecule has 1 atom stereocenters. The highest BCUT2D eigenvalue weighted by molar-refractivity contribution is 5.94. The third kappa shape index (κ3) is 3.73. The molecule has 0 saturated carbocycles. The van der Waals surface area contributed by atoms with E-state index in [2.05, 4.69) is 63.9 Å². The Morgan fingerprint density at radius 3 is 2.50 bits per heavy atom. The van der Waals surface area contributed by atoms with Gasteiger partial charge < -0.3 is 15.3 Å². The molecule has 4 heteroatoms. The lowest BCUT2D eigenvalue weighted by Crippen LogP contribution is -2.41. The van der Waals surface area contributed by atoms with Gasteiger partial charge in [0.2, 0.25) is 0 Å². The molecule has 2 aromatic rings. The van der Waals surface area contributed by atoms with Crippen LogP contribution in [0.15, 0.2) is 36.4 Å². The molecule has 0 aliphatic carbocycles. The number of fused-ring (bicyclic) bond motifs is 1. The van der Waals surface area contributed by atoms with Gasteiger partial charge in [-0.1, -0.05) is 32.0 Å². The Balaban J connectivity index is 2.01. The fraction of sp³-hybridized carbons (Fsp3) is 0.458. The third-order valence-corrected chi connectivity index (χ3v) is 6.02. The van der Waals surface area contributed by atoms with Crippen molar-refractivity contribution in [3.63, 3.8) is 0 Å². The molecule has 4 nitrogen and oxygen atoms in total. The molecule has 28 heavy (non-hydrogen) atoms. The van der Waals surface area contributed by atoms with Crippen LogP contribution in [0.1, 0.15) is 74.1 Å². The average molecular weight is 381 g/mol. The van der Waals surface area contributed by atoms with Crippen molar-refractivity contribution in [1.29, 1.82) is 0 Å². The summed E-state index contributed by atoms with van der Waals surface area (Å²) in [6.07, 6.45) is 1.13. The van der Waals surface area contributed by atoms with E-state index in [1.165, 1.54) is 22.4 Å². The molecule has 1 aliphatic rings. The number of para-hydroxylation sites is 1. The zero-order valence-corrected chi connectivity index (χ0v) is 17.8. The molecule has 0 bridgehead atoms. The van der Waals surface area contributed by atoms with Gasteiger partial charge in [-0.15, -0.1) is 0 Å². The van der Waals surface area contributed by atoms with Gasteiger partial charge in [0.15, 0.2) is 0 Å². The minimum Gasteiger partial charge on any atom is -0.478 e. The molecule has 2 aromatic carbocycles. The Bertz CT molecular complexity index is 886. The quantitative estimate of drug-likeness (QED) is 0.692. The van der Waals surface area contributed by atoms with Crippen molar-refractivity contribution in [2.75, 3.05) is 16.8 Å². The highest BCUT2D eigenvalue weighted by Crippen LogP contribution is 2.43. The van der Waals surface area contributed by atoms with E-state index in [1.807, 2.05) is 12.1 Å². The van der Waals surface area contributed by atoms with Gasteiger partial charge in [0, 0.05) is 30.0 Å². The van der Waals surface area contributed by atoms with Crippen LogP contribution in [0, 0.1) is 6.92 Å². The monoisotopic (exact) mass is 380 g/mol. The number of rotatable bonds is 5. The van der Waals surface area contributed by atoms with Crippen LogP contribution < -0.4 is 10.2 Å². The van der Waals surface area contributed by atoms with Gasteiger partial charge in [0.05, 0.1) is 5.56 Å². The molecule has 0 amide bonds. The first-order valence-electron chi connectivity index (χ1n) is 10.1. The predicted octanol–water partition coefficient (Wildman–Crippen LogP) is 5.76. The smallest absolute Gasteiger partial charge is 0.337 e. The first kappa shape index (κ1) is 20.2. The average Bonchev–Trinajstić information content (AvgIpc) is 2.61. The first-order chi connectivity index (χ1) is 13.1. The number of nitrogens with one attached hydrogen (secondary N) is 1. The molecular weight excluding hydrogens is 348 g/mol. The zero-order chi connectivity index (χ0) is 20.6. The molecule has 0 saturated heterocycles. The number of aryl methyl sites for hydroxylation is 1. The summed E-state index contributed by atoms with van der Waals surface area (Å²) in [5.41, 5.74) is 6.26. The van der Waals surface area contributed by atoms with Crippen molar-refractivity contribution in [1.82, 2.24) is 0 Å². The van der Waals surface area contributed by atoms with Crippen LogP contribution in [0.2, 0.25) is 0 Å². The van der Waals surface area contributed by atoms with Crippen LogP contribution in [0.25, 0.3) is 0 Å². The van der Waals surface area contributed by atoms with Gasteiger partial charge in [0.1, 0.15) is 0 Å². The van der Waals surface area contributed by atoms with Crippen molar-refractivity contribution in [3.8, 4) is 0 Å². The number of anilines is 2. The summed E-state index contributed by atoms with van der Waals surface area (Å²) in [7, 11) is 0. The molecule has 0 aromatic heterocycles. The van der Waals surface area contributed by atoms with Crippen molar-refractivity contribution >= 4 is 17.3 Å². The number of carboxylic acid groups (broad SMARTS) is 1. The lowest BCUT2D eigenvalue weighted by Gasteiger charge is -2.43. The van der Waals surface area contributed by atoms with Gasteiger partial charge in [0.25, 0.3) is 0 Å². The van der Waals surface area contributed by atoms with E-state index in [0.717, 1.165) is 13.0 Å². The lowest BCUT2D eigenvalue weighted by molar-refractivity contribution is 0.0698. The number of hydrogen-bond acceptors (Lipinski definition) is 3. The molecular formula is C24H32N2O2. The van der Waals surface area contributed by atoms with Crippen molar-refractivity contribution in [2.45, 2.75) is 65.5 Å². The maximum atomic E-state index is 11.5. The minimum atomic E-state index is -0.911. The lowest BCUT2D eigenvalue weighted by atomic mass is 9.75. The molecule has 0 fully saturated rings. The number of benzene rings is 2. The Labute approximate surface area is 168 Å². The van der Waals surface area contributed by atoms with E-state index < -0.39 is 5.97 Å². The van der Waals surface area contributed by atoms with E-state index in [4.69, 9.17) is 0 Å². The Morgan fingerprint density at radius 1 is 1.18 bits per heavy atom. The van der Waals surface area contributed by atoms with Gasteiger partial charge in [-0.3, -0.25) is 0 Å². The number of aromatic carboxylic acids is 1. The summed E-state index contributed by atoms with van der Waals surface area (Å²) in [6, 6.07) is 12.2. The highest BCUT2D eigenvalue weighted by Gasteiger charge is 2.33. The molecule has 1 heterocycles. The Morgan fingerprint density at radius 2 is 1.86 bits per heavy atom. The number of carboxylic acids is 1. The SMILES string of the molecule is Cc1cc2c(cc1C(C)Nc1ccccc1C(=O)O)C(C)(C)CCN2C(C)C. The molecule has 3 rings (SSSR count). The fourth-order valence-corrected chi connectivity index (χ4v) is 4.25. The van der Waals surface area contributed by atoms with E-state index in [0.29, 0.717) is 17.3 Å². The summed E-state index contributed by atoms with van der Waals surface area (Å²) >= 11 is 0. The zero-order valence-electron chi connectivity index (χ0n) is 17.8. The minimum absolute atomic E-state index is 0.0102. The largest absolute Gasteiger partial charge is 0.478 e. The standard InChI is InChI=1S/C24H32N2O2/c1-15(2)26-12-11-24(5,6)20-14-19(16(3)13-22(20)26)17(4)25-21-10-8-7-9-18(21)23(27)28/h7-10,13-15,17,25H,11-12H2,1-6H3,(H,27,28). The van der Waals surface area contributed by atoms with Gasteiger partial charge in [-0.2, -0.15) is 0 Å². The van der Waals surface area contributed by atoms with Crippen molar-refractivity contribution in [2.24, 2.45) is 0 Å². The maximum absolute atomic E-state index is 11.5. The topological polar surface area (TPSA) is 52.6 Å². The number of carbonyl (C=O) groups is 1. The molecule has 1 unspecified atom stereocenters. The summed E-state index contributed by atoms with van der Waals surface area (Å²) < 4.78 is 0. The second kappa shape index (κ2) is 7.50. The van der Waals surface area contributed by atoms with E-state index >= 15 is 0 Å². The van der Waals surface area contributed by atoms with Crippen LogP contribution in [-0.2, 0) is 5.41 Å². The van der Waals surface area contributed by atoms with Crippen LogP contribution in [-0.4, -0.2) is 23.7 Å². The van der Waals surface area contributed by atoms with Crippen molar-refractivity contribution in [3.05, 3.63) is 58.7 Å². The van der Waals surface area contributed by atoms with Crippen LogP contribution in [0.5, 0.6) is 0 Å². The van der Waals surface area contributed by atoms with Gasteiger partial charge >= 0.3 is 5.97 Å². The molecule has 1 aliphatic heterocycles. The first-order valence-corrected chi connectivity index (χ1v) is 10.1. The summed E-state index contributed by atoms with van der Waals surface area (Å²) in [5, 5.41) is 12.9. The Kier molecular flexibility index (Phi) is 5.42. The van der Waals surface area contributed by atoms with E-state index in [9.17, 15) is 9.90 Å². The van der Waals surface area contributed by atoms with Crippen molar-refractivity contribution < 1.29 is 9.90 Å². The number of nitrogens with zero attached hydrogens (tertiary/aromatic N) is 1.